The summed E-state index contributed by atoms with van der Waals surface area (Å²) in [6.07, 6.45) is 0.735. The normalized spacial score (nSPS) is 10.1. The molecule has 2 amide bonds. The second kappa shape index (κ2) is 14.9. The Morgan fingerprint density at radius 3 is 2.31 bits per heavy atom. The van der Waals surface area contributed by atoms with Crippen molar-refractivity contribution >= 4 is 51.0 Å². The summed E-state index contributed by atoms with van der Waals surface area (Å²) in [6, 6.07) is 11.0. The summed E-state index contributed by atoms with van der Waals surface area (Å²) in [5, 5.41) is 2.35. The van der Waals surface area contributed by atoms with Crippen molar-refractivity contribution in [3.63, 3.8) is 0 Å². The number of rotatable bonds is 11. The third-order valence-corrected chi connectivity index (χ3v) is 5.00. The first-order valence-corrected chi connectivity index (χ1v) is 11.8. The minimum Gasteiger partial charge on any atom is -0.490 e. The number of thiocarbonyl (C=S) groups is 1. The summed E-state index contributed by atoms with van der Waals surface area (Å²) in [7, 11) is 1.58. The highest BCUT2D eigenvalue weighted by Crippen LogP contribution is 2.26. The van der Waals surface area contributed by atoms with Crippen LogP contribution in [-0.2, 0) is 14.3 Å². The highest BCUT2D eigenvalue weighted by Gasteiger charge is 2.12. The Morgan fingerprint density at radius 2 is 1.66 bits per heavy atom. The molecule has 0 aromatic heterocycles. The summed E-state index contributed by atoms with van der Waals surface area (Å²) in [5.41, 5.74) is 5.48. The maximum absolute atomic E-state index is 12.4. The van der Waals surface area contributed by atoms with Crippen LogP contribution in [-0.4, -0.2) is 56.4 Å². The zero-order valence-electron chi connectivity index (χ0n) is 19.2. The van der Waals surface area contributed by atoms with Crippen molar-refractivity contribution < 1.29 is 33.3 Å². The van der Waals surface area contributed by atoms with E-state index in [0.29, 0.717) is 46.9 Å². The van der Waals surface area contributed by atoms with Gasteiger partial charge in [0.25, 0.3) is 11.8 Å². The molecule has 35 heavy (non-hydrogen) atoms. The van der Waals surface area contributed by atoms with Crippen LogP contribution in [0.2, 0.25) is 0 Å². The first-order valence-electron chi connectivity index (χ1n) is 10.6. The molecular weight excluding hydrogens is 542 g/mol. The van der Waals surface area contributed by atoms with E-state index in [0.717, 1.165) is 6.42 Å². The summed E-state index contributed by atoms with van der Waals surface area (Å²) >= 11 is 8.38. The van der Waals surface area contributed by atoms with Crippen LogP contribution in [0.5, 0.6) is 11.5 Å². The molecule has 0 heterocycles. The lowest BCUT2D eigenvalue weighted by Crippen LogP contribution is -2.49. The third-order valence-electron chi connectivity index (χ3n) is 4.18. The molecular formula is C23H26BrN3O7S. The van der Waals surface area contributed by atoms with E-state index in [1.54, 1.807) is 49.6 Å². The molecule has 0 bridgehead atoms. The average Bonchev–Trinajstić information content (AvgIpc) is 2.86. The Hall–Kier alpha value is -3.22. The predicted molar refractivity (Wildman–Crippen MR) is 135 cm³/mol. The average molecular weight is 568 g/mol. The Balaban J connectivity index is 1.74. The fraction of sp³-hybridized carbons (Fsp3) is 0.304. The summed E-state index contributed by atoms with van der Waals surface area (Å²) in [6.45, 7) is 2.75. The molecule has 0 spiro atoms. The number of halogens is 1. The summed E-state index contributed by atoms with van der Waals surface area (Å²) < 4.78 is 21.5. The van der Waals surface area contributed by atoms with Crippen LogP contribution >= 0.6 is 28.1 Å². The van der Waals surface area contributed by atoms with Gasteiger partial charge in [-0.2, -0.15) is 0 Å². The van der Waals surface area contributed by atoms with E-state index in [4.69, 9.17) is 31.2 Å². The molecule has 2 aromatic carbocycles. The molecule has 2 aromatic rings. The number of methoxy groups -OCH3 is 1. The van der Waals surface area contributed by atoms with Crippen LogP contribution in [0, 0.1) is 0 Å². The van der Waals surface area contributed by atoms with Crippen molar-refractivity contribution in [1.82, 2.24) is 16.2 Å². The van der Waals surface area contributed by atoms with E-state index in [2.05, 4.69) is 32.1 Å². The second-order valence-corrected chi connectivity index (χ2v) is 8.15. The number of ether oxygens (including phenoxy) is 4. The molecule has 12 heteroatoms. The largest absolute Gasteiger partial charge is 0.490 e. The minimum atomic E-state index is -0.534. The quantitative estimate of drug-likeness (QED) is 0.163. The van der Waals surface area contributed by atoms with Gasteiger partial charge in [-0.05, 0) is 77.0 Å². The number of amides is 2. The van der Waals surface area contributed by atoms with E-state index >= 15 is 0 Å². The van der Waals surface area contributed by atoms with Crippen LogP contribution in [0.25, 0.3) is 0 Å². The number of benzene rings is 2. The van der Waals surface area contributed by atoms with Gasteiger partial charge in [0.15, 0.2) is 11.7 Å². The molecule has 2 rings (SSSR count). The minimum absolute atomic E-state index is 0.102. The van der Waals surface area contributed by atoms with Gasteiger partial charge in [0.1, 0.15) is 18.1 Å². The second-order valence-electron chi connectivity index (χ2n) is 6.89. The Labute approximate surface area is 216 Å². The van der Waals surface area contributed by atoms with Crippen LogP contribution < -0.4 is 25.6 Å². The highest BCUT2D eigenvalue weighted by atomic mass is 79.9. The molecule has 3 N–H and O–H groups in total. The molecule has 0 radical (unpaired) electrons. The van der Waals surface area contributed by atoms with Crippen molar-refractivity contribution in [3.8, 4) is 11.5 Å². The summed E-state index contributed by atoms with van der Waals surface area (Å²) in [5.74, 6) is -0.474. The molecule has 10 nitrogen and oxygen atoms in total. The lowest BCUT2D eigenvalue weighted by Gasteiger charge is -2.12. The van der Waals surface area contributed by atoms with Crippen LogP contribution in [0.3, 0.4) is 0 Å². The summed E-state index contributed by atoms with van der Waals surface area (Å²) in [4.78, 5) is 36.2. The maximum Gasteiger partial charge on any atom is 0.338 e. The fourth-order valence-electron chi connectivity index (χ4n) is 2.48. The van der Waals surface area contributed by atoms with Gasteiger partial charge in [-0.15, -0.1) is 0 Å². The van der Waals surface area contributed by atoms with Crippen LogP contribution in [0.1, 0.15) is 34.1 Å². The number of hydrazine groups is 1. The van der Waals surface area contributed by atoms with Gasteiger partial charge in [0, 0.05) is 12.7 Å². The molecule has 0 fully saturated rings. The fourth-order valence-corrected chi connectivity index (χ4v) is 3.11. The van der Waals surface area contributed by atoms with Gasteiger partial charge in [-0.1, -0.05) is 6.92 Å². The topological polar surface area (TPSA) is 124 Å². The molecule has 0 saturated carbocycles. The number of hydrogen-bond donors (Lipinski definition) is 3. The molecule has 188 valence electrons. The standard InChI is InChI=1S/C23H26BrN3O7S/c1-3-10-33-22(30)15-4-7-17(8-5-15)34-14-20(28)26-27-23(35)25-21(29)16-6-9-19(18(24)13-16)32-12-11-31-2/h4-9,13H,3,10-12,14H2,1-2H3,(H,26,28)(H2,25,27,29,35). The van der Waals surface area contributed by atoms with E-state index in [-0.39, 0.29) is 11.7 Å². The van der Waals surface area contributed by atoms with E-state index in [9.17, 15) is 14.4 Å². The number of esters is 1. The van der Waals surface area contributed by atoms with Gasteiger partial charge in [0.05, 0.1) is 23.2 Å². The van der Waals surface area contributed by atoms with E-state index in [1.807, 2.05) is 6.92 Å². The number of carbonyl (C=O) groups excluding carboxylic acids is 3. The molecule has 0 unspecified atom stereocenters. The molecule has 0 aliphatic carbocycles. The predicted octanol–water partition coefficient (Wildman–Crippen LogP) is 2.76. The van der Waals surface area contributed by atoms with Gasteiger partial charge in [0.2, 0.25) is 0 Å². The maximum atomic E-state index is 12.4. The molecule has 0 aliphatic heterocycles. The van der Waals surface area contributed by atoms with Crippen molar-refractivity contribution in [2.24, 2.45) is 0 Å². The Morgan fingerprint density at radius 1 is 0.943 bits per heavy atom. The van der Waals surface area contributed by atoms with Gasteiger partial charge in [-0.25, -0.2) is 4.79 Å². The zero-order chi connectivity index (χ0) is 25.6. The zero-order valence-corrected chi connectivity index (χ0v) is 21.6. The SMILES string of the molecule is CCCOC(=O)c1ccc(OCC(=O)NNC(=S)NC(=O)c2ccc(OCCOC)c(Br)c2)cc1. The third kappa shape index (κ3) is 9.89. The van der Waals surface area contributed by atoms with Crippen molar-refractivity contribution in [3.05, 3.63) is 58.1 Å². The van der Waals surface area contributed by atoms with E-state index in [1.165, 1.54) is 0 Å². The lowest BCUT2D eigenvalue weighted by atomic mass is 10.2. The van der Waals surface area contributed by atoms with Gasteiger partial charge >= 0.3 is 5.97 Å². The van der Waals surface area contributed by atoms with Crippen molar-refractivity contribution in [1.29, 1.82) is 0 Å². The Bertz CT molecular complexity index is 1030. The Kier molecular flexibility index (Phi) is 11.9. The van der Waals surface area contributed by atoms with Gasteiger partial charge in [-0.3, -0.25) is 25.8 Å². The smallest absolute Gasteiger partial charge is 0.338 e. The monoisotopic (exact) mass is 567 g/mol. The van der Waals surface area contributed by atoms with Crippen LogP contribution in [0.15, 0.2) is 46.9 Å². The van der Waals surface area contributed by atoms with Gasteiger partial charge < -0.3 is 18.9 Å². The number of carbonyl (C=O) groups is 3. The van der Waals surface area contributed by atoms with Crippen molar-refractivity contribution in [2.75, 3.05) is 33.5 Å². The number of hydrogen-bond acceptors (Lipinski definition) is 8. The molecule has 0 saturated heterocycles. The highest BCUT2D eigenvalue weighted by molar-refractivity contribution is 9.10. The molecule has 0 aliphatic rings. The van der Waals surface area contributed by atoms with Crippen LogP contribution in [0.4, 0.5) is 0 Å². The first-order chi connectivity index (χ1) is 16.8. The molecule has 0 atom stereocenters. The lowest BCUT2D eigenvalue weighted by molar-refractivity contribution is -0.123. The van der Waals surface area contributed by atoms with E-state index < -0.39 is 17.8 Å². The van der Waals surface area contributed by atoms with Crippen molar-refractivity contribution in [2.45, 2.75) is 13.3 Å². The number of nitrogens with one attached hydrogen (secondary N) is 3. The first kappa shape index (κ1) is 28.0.